The molecule has 504 valence electrons. The molecule has 10 rings (SSSR count). The highest BCUT2D eigenvalue weighted by molar-refractivity contribution is 5.93. The van der Waals surface area contributed by atoms with E-state index in [4.69, 9.17) is 25.2 Å². The lowest BCUT2D eigenvalue weighted by atomic mass is 10.1. The van der Waals surface area contributed by atoms with Gasteiger partial charge in [0.15, 0.2) is 0 Å². The molecule has 6 amide bonds. The predicted octanol–water partition coefficient (Wildman–Crippen LogP) is 10.4. The van der Waals surface area contributed by atoms with Gasteiger partial charge in [0.2, 0.25) is 35.4 Å². The Hall–Kier alpha value is -11.8. The zero-order chi connectivity index (χ0) is 69.5. The first kappa shape index (κ1) is 70.0. The van der Waals surface area contributed by atoms with E-state index in [0.717, 1.165) is 11.1 Å². The van der Waals surface area contributed by atoms with Crippen molar-refractivity contribution in [3.63, 3.8) is 0 Å². The summed E-state index contributed by atoms with van der Waals surface area (Å²) in [5, 5.41) is 3.33. The van der Waals surface area contributed by atoms with Crippen molar-refractivity contribution in [3.05, 3.63) is 265 Å². The molecule has 0 spiro atoms. The van der Waals surface area contributed by atoms with Crippen molar-refractivity contribution in [3.8, 4) is 57.1 Å². The molecule has 6 aromatic heterocycles. The van der Waals surface area contributed by atoms with E-state index in [2.05, 4.69) is 25.3 Å². The molecule has 3 N–H and O–H groups in total. The average Bonchev–Trinajstić information content (AvgIpc) is 0.847. The number of nitrogens with zero attached hydrogens (tertiary/aromatic N) is 11. The number of nitrogens with one attached hydrogen (secondary N) is 1. The van der Waals surface area contributed by atoms with Crippen molar-refractivity contribution in [1.29, 1.82) is 0 Å². The van der Waals surface area contributed by atoms with Gasteiger partial charge in [-0.3, -0.25) is 48.7 Å². The number of amides is 6. The number of benzene rings is 4. The van der Waals surface area contributed by atoms with Gasteiger partial charge in [-0.05, 0) is 98.5 Å². The number of rotatable bonds is 32. The average molecular weight is 1330 g/mol. The number of primary amides is 1. The molecular formula is C78H79N13O8. The Bertz CT molecular complexity index is 4160. The molecule has 4 aromatic carbocycles. The summed E-state index contributed by atoms with van der Waals surface area (Å²) >= 11 is 0. The van der Waals surface area contributed by atoms with Crippen LogP contribution in [0.3, 0.4) is 0 Å². The number of hydrogen-bond acceptors (Lipinski definition) is 15. The molecule has 0 aliphatic carbocycles. The highest BCUT2D eigenvalue weighted by Crippen LogP contribution is 2.30. The minimum absolute atomic E-state index is 0.0590. The molecule has 0 unspecified atom stereocenters. The van der Waals surface area contributed by atoms with Crippen molar-refractivity contribution < 1.29 is 38.2 Å². The maximum Gasteiger partial charge on any atom is 0.243 e. The molecule has 0 saturated carbocycles. The van der Waals surface area contributed by atoms with Crippen LogP contribution in [0.25, 0.3) is 45.6 Å². The third-order valence-corrected chi connectivity index (χ3v) is 16.9. The number of aromatic nitrogens is 6. The van der Waals surface area contributed by atoms with Gasteiger partial charge in [-0.15, -0.1) is 0 Å². The second kappa shape index (κ2) is 34.7. The zero-order valence-corrected chi connectivity index (χ0v) is 55.7. The topological polar surface area (TPSA) is 252 Å². The van der Waals surface area contributed by atoms with Crippen LogP contribution in [0.4, 0.5) is 0 Å². The number of hydrogen-bond donors (Lipinski definition) is 2. The summed E-state index contributed by atoms with van der Waals surface area (Å²) in [7, 11) is 0. The van der Waals surface area contributed by atoms with Crippen molar-refractivity contribution in [2.45, 2.75) is 51.9 Å². The fraction of sp³-hybridized carbons (Fsp3) is 0.231. The molecular weight excluding hydrogens is 1250 g/mol. The maximum absolute atomic E-state index is 15.8. The summed E-state index contributed by atoms with van der Waals surface area (Å²) in [6.45, 7) is 4.09. The van der Waals surface area contributed by atoms with Crippen LogP contribution in [0.15, 0.2) is 243 Å². The number of pyridine rings is 6. The largest absolute Gasteiger partial charge is 0.492 e. The van der Waals surface area contributed by atoms with E-state index in [1.54, 1.807) is 82.0 Å². The molecule has 0 radical (unpaired) electrons. The van der Waals surface area contributed by atoms with Crippen LogP contribution in [0, 0.1) is 0 Å². The minimum atomic E-state index is -0.783. The summed E-state index contributed by atoms with van der Waals surface area (Å²) in [5.74, 6) is -2.81. The SMILES string of the molecule is C[C@H](NCC(=O)N(CCOc1cc(-c2ccccn2)nc(-c2ccccn2)c1)CC(=O)N(CC(=O)N(CC(=O)N(CCOc1cc(-c2ccccn2)nc(-c2ccccn2)c1)CC(=O)N(CC(N)=O)[C@@H](C)c1ccccc1)[C@@H](C)c1ccccc1)[C@@H](C)c1ccccc1)c1ccccc1. The van der Waals surface area contributed by atoms with Gasteiger partial charge >= 0.3 is 0 Å². The third-order valence-electron chi connectivity index (χ3n) is 16.9. The maximum atomic E-state index is 15.8. The van der Waals surface area contributed by atoms with Crippen molar-refractivity contribution in [1.82, 2.24) is 59.7 Å². The van der Waals surface area contributed by atoms with Crippen LogP contribution in [0.5, 0.6) is 11.5 Å². The van der Waals surface area contributed by atoms with E-state index in [0.29, 0.717) is 68.2 Å². The second-order valence-electron chi connectivity index (χ2n) is 23.6. The van der Waals surface area contributed by atoms with E-state index in [1.807, 2.05) is 189 Å². The fourth-order valence-corrected chi connectivity index (χ4v) is 11.3. The summed E-state index contributed by atoms with van der Waals surface area (Å²) in [6, 6.07) is 63.7. The van der Waals surface area contributed by atoms with E-state index in [-0.39, 0.29) is 38.9 Å². The van der Waals surface area contributed by atoms with Crippen molar-refractivity contribution >= 4 is 35.4 Å². The Kier molecular flexibility index (Phi) is 24.5. The Balaban J connectivity index is 0.956. The highest BCUT2D eigenvalue weighted by atomic mass is 16.5. The van der Waals surface area contributed by atoms with Gasteiger partial charge in [0.25, 0.3) is 0 Å². The van der Waals surface area contributed by atoms with Gasteiger partial charge in [0.1, 0.15) is 37.8 Å². The molecule has 21 heteroatoms. The molecule has 0 bridgehead atoms. The first-order valence-corrected chi connectivity index (χ1v) is 32.8. The van der Waals surface area contributed by atoms with E-state index < -0.39 is 86.3 Å². The quantitative estimate of drug-likeness (QED) is 0.0398. The Morgan fingerprint density at radius 2 is 0.667 bits per heavy atom. The van der Waals surface area contributed by atoms with E-state index in [9.17, 15) is 14.4 Å². The molecule has 4 atom stereocenters. The van der Waals surface area contributed by atoms with Gasteiger partial charge < -0.3 is 45.0 Å². The van der Waals surface area contributed by atoms with E-state index >= 15 is 14.4 Å². The molecule has 10 aromatic rings. The van der Waals surface area contributed by atoms with Crippen LogP contribution in [-0.4, -0.2) is 155 Å². The molecule has 0 aliphatic heterocycles. The first-order chi connectivity index (χ1) is 48.1. The lowest BCUT2D eigenvalue weighted by molar-refractivity contribution is -0.150. The Morgan fingerprint density at radius 3 is 1.00 bits per heavy atom. The van der Waals surface area contributed by atoms with Crippen LogP contribution < -0.4 is 20.5 Å². The van der Waals surface area contributed by atoms with Crippen LogP contribution >= 0.6 is 0 Å². The molecule has 0 aliphatic rings. The minimum Gasteiger partial charge on any atom is -0.492 e. The normalized spacial score (nSPS) is 12.2. The summed E-state index contributed by atoms with van der Waals surface area (Å²) in [4.78, 5) is 124. The van der Waals surface area contributed by atoms with E-state index in [1.165, 1.54) is 24.5 Å². The van der Waals surface area contributed by atoms with Gasteiger partial charge in [0.05, 0.1) is 103 Å². The highest BCUT2D eigenvalue weighted by Gasteiger charge is 2.34. The molecule has 6 heterocycles. The molecule has 99 heavy (non-hydrogen) atoms. The van der Waals surface area contributed by atoms with Gasteiger partial charge in [-0.2, -0.15) is 0 Å². The van der Waals surface area contributed by atoms with Crippen LogP contribution in [-0.2, 0) is 28.8 Å². The lowest BCUT2D eigenvalue weighted by Crippen LogP contribution is -2.53. The summed E-state index contributed by atoms with van der Waals surface area (Å²) in [5.41, 5.74) is 13.3. The second-order valence-corrected chi connectivity index (χ2v) is 23.6. The predicted molar refractivity (Wildman–Crippen MR) is 377 cm³/mol. The summed E-state index contributed by atoms with van der Waals surface area (Å²) in [6.07, 6.45) is 6.66. The molecule has 0 saturated heterocycles. The van der Waals surface area contributed by atoms with Crippen LogP contribution in [0.2, 0.25) is 0 Å². The Morgan fingerprint density at radius 1 is 0.364 bits per heavy atom. The van der Waals surface area contributed by atoms with Crippen molar-refractivity contribution in [2.24, 2.45) is 5.73 Å². The smallest absolute Gasteiger partial charge is 0.243 e. The number of carbonyl (C=O) groups is 6. The number of carbonyl (C=O) groups excluding carboxylic acids is 6. The number of nitrogens with two attached hydrogens (primary N) is 1. The lowest BCUT2D eigenvalue weighted by Gasteiger charge is -2.36. The number of ether oxygens (including phenoxy) is 2. The molecule has 0 fully saturated rings. The van der Waals surface area contributed by atoms with Crippen molar-refractivity contribution in [2.75, 3.05) is 65.6 Å². The van der Waals surface area contributed by atoms with Gasteiger partial charge in [0, 0.05) is 55.1 Å². The molecule has 21 nitrogen and oxygen atoms in total. The monoisotopic (exact) mass is 1330 g/mol. The standard InChI is InChI=1S/C78H79N13O8/c1-55(59-25-9-5-10-26-59)84-49-74(93)87(41-43-98-63-45-69(65-33-17-21-37-80-65)85-70(46-63)66-34-18-22-38-81-66)51-77(96)91(58(4)62-31-15-8-16-32-62)54-78(97)90(57(3)61-29-13-7-14-30-61)53-75(94)88(52-76(95)89(50-73(79)92)56(2)60-27-11-6-12-28-60)42-44-99-64-47-71(67-35-19-23-39-82-67)86-72(48-64)68-36-20-24-40-83-68/h5-40,45-48,55-58,84H,41-44,49-54H2,1-4H3,(H2,79,92)/t55-,56-,57-,58-/m0/s1. The fourth-order valence-electron chi connectivity index (χ4n) is 11.3. The third kappa shape index (κ3) is 19.4. The van der Waals surface area contributed by atoms with Crippen LogP contribution in [0.1, 0.15) is 74.1 Å². The Labute approximate surface area is 576 Å². The first-order valence-electron chi connectivity index (χ1n) is 32.8. The summed E-state index contributed by atoms with van der Waals surface area (Å²) < 4.78 is 12.9. The van der Waals surface area contributed by atoms with Gasteiger partial charge in [-0.25, -0.2) is 9.97 Å². The van der Waals surface area contributed by atoms with Gasteiger partial charge in [-0.1, -0.05) is 146 Å². The zero-order valence-electron chi connectivity index (χ0n) is 55.7.